The predicted octanol–water partition coefficient (Wildman–Crippen LogP) is 0.180. The summed E-state index contributed by atoms with van der Waals surface area (Å²) in [6.45, 7) is 2.22. The van der Waals surface area contributed by atoms with Gasteiger partial charge in [-0.05, 0) is 0 Å². The summed E-state index contributed by atoms with van der Waals surface area (Å²) in [6.07, 6.45) is 1.38. The van der Waals surface area contributed by atoms with Crippen molar-refractivity contribution in [1.29, 1.82) is 0 Å². The second kappa shape index (κ2) is 3.22. The van der Waals surface area contributed by atoms with Crippen molar-refractivity contribution in [3.8, 4) is 0 Å². The third-order valence-corrected chi connectivity index (χ3v) is 1.50. The second-order valence-corrected chi connectivity index (χ2v) is 2.00. The molecule has 0 aromatic carbocycles. The lowest BCUT2D eigenvalue weighted by atomic mass is 10.6. The van der Waals surface area contributed by atoms with Gasteiger partial charge in [0.15, 0.2) is 0 Å². The maximum Gasteiger partial charge on any atom is 0.00278 e. The van der Waals surface area contributed by atoms with Gasteiger partial charge in [0.25, 0.3) is 0 Å². The largest absolute Gasteiger partial charge is 0.0661 e. The van der Waals surface area contributed by atoms with Crippen LogP contribution in [-0.4, -0.2) is 10.2 Å². The van der Waals surface area contributed by atoms with Gasteiger partial charge in [0.1, 0.15) is 0 Å². The summed E-state index contributed by atoms with van der Waals surface area (Å²) in [5.74, 6) is 0. The Hall–Kier alpha value is 0.217. The molecule has 0 aromatic rings. The first-order chi connectivity index (χ1) is 1.91. The minimum Gasteiger partial charge on any atom is -0.0661 e. The van der Waals surface area contributed by atoms with E-state index in [-0.39, 0.29) is 0 Å². The lowest BCUT2D eigenvalue weighted by molar-refractivity contribution is 1.08. The predicted molar refractivity (Wildman–Crippen MR) is 25.0 cm³/mol. The molecule has 0 aliphatic carbocycles. The Bertz CT molecular complexity index is 5.25. The Kier molecular flexibility index (Phi) is 3.39. The van der Waals surface area contributed by atoms with Gasteiger partial charge in [-0.1, -0.05) is 19.4 Å². The fourth-order valence-corrected chi connectivity index (χ4v) is 0. The van der Waals surface area contributed by atoms with Gasteiger partial charge >= 0.3 is 0 Å². The summed E-state index contributed by atoms with van der Waals surface area (Å²) < 4.78 is 0. The Labute approximate surface area is 30.6 Å². The number of rotatable bonds is 1. The third kappa shape index (κ3) is 2.22. The van der Waals surface area contributed by atoms with E-state index in [1.54, 1.807) is 0 Å². The molecule has 0 heterocycles. The quantitative estimate of drug-likeness (QED) is 0.389. The van der Waals surface area contributed by atoms with E-state index in [4.69, 9.17) is 0 Å². The highest BCUT2D eigenvalue weighted by Gasteiger charge is 1.57. The Morgan fingerprint density at radius 1 is 1.75 bits per heavy atom. The van der Waals surface area contributed by atoms with Crippen LogP contribution < -0.4 is 0 Å². The van der Waals surface area contributed by atoms with Crippen molar-refractivity contribution in [2.45, 2.75) is 19.4 Å². The van der Waals surface area contributed by atoms with Crippen molar-refractivity contribution in [2.24, 2.45) is 0 Å². The van der Waals surface area contributed by atoms with E-state index in [2.05, 4.69) is 6.92 Å². The van der Waals surface area contributed by atoms with Crippen LogP contribution in [0, 0.1) is 0 Å². The van der Waals surface area contributed by atoms with Gasteiger partial charge in [0, 0.05) is 10.2 Å². The van der Waals surface area contributed by atoms with Crippen LogP contribution in [0.2, 0.25) is 6.04 Å². The maximum absolute atomic E-state index is 2.22. The van der Waals surface area contributed by atoms with Crippen LogP contribution in [0.3, 0.4) is 0 Å². The molecule has 0 unspecified atom stereocenters. The van der Waals surface area contributed by atoms with E-state index in [1.807, 2.05) is 0 Å². The van der Waals surface area contributed by atoms with Crippen LogP contribution >= 0.6 is 0 Å². The van der Waals surface area contributed by atoms with E-state index in [0.29, 0.717) is 0 Å². The molecule has 0 nitrogen and oxygen atoms in total. The summed E-state index contributed by atoms with van der Waals surface area (Å²) >= 11 is 0. The minimum atomic E-state index is 1.38. The van der Waals surface area contributed by atoms with Crippen molar-refractivity contribution in [1.82, 2.24) is 0 Å². The molecule has 0 spiro atoms. The van der Waals surface area contributed by atoms with Crippen LogP contribution in [-0.2, 0) is 0 Å². The fourth-order valence-electron chi connectivity index (χ4n) is 0. The first-order valence-electron chi connectivity index (χ1n) is 1.91. The standard InChI is InChI=1S/C3H10Si/c1-2-3-4/h2-3H2,1,4H3. The lowest BCUT2D eigenvalue weighted by Crippen LogP contribution is -1.55. The zero-order valence-corrected chi connectivity index (χ0v) is 5.41. The van der Waals surface area contributed by atoms with Crippen molar-refractivity contribution < 1.29 is 0 Å². The van der Waals surface area contributed by atoms with Crippen LogP contribution in [0.5, 0.6) is 0 Å². The van der Waals surface area contributed by atoms with E-state index in [0.717, 1.165) is 0 Å². The van der Waals surface area contributed by atoms with Crippen molar-refractivity contribution in [3.05, 3.63) is 0 Å². The molecule has 0 rings (SSSR count). The monoisotopic (exact) mass is 74.1 g/mol. The first kappa shape index (κ1) is 4.22. The van der Waals surface area contributed by atoms with E-state index in [9.17, 15) is 0 Å². The summed E-state index contributed by atoms with van der Waals surface area (Å²) in [4.78, 5) is 0. The smallest absolute Gasteiger partial charge is 0.00278 e. The van der Waals surface area contributed by atoms with Gasteiger partial charge in [0.05, 0.1) is 0 Å². The summed E-state index contributed by atoms with van der Waals surface area (Å²) in [5.41, 5.74) is 0. The molecule has 0 saturated carbocycles. The number of hydrogen-bond acceptors (Lipinski definition) is 0. The molecule has 0 aliphatic heterocycles. The van der Waals surface area contributed by atoms with Crippen molar-refractivity contribution in [3.63, 3.8) is 0 Å². The summed E-state index contributed by atoms with van der Waals surface area (Å²) in [7, 11) is 1.39. The highest BCUT2D eigenvalue weighted by molar-refractivity contribution is 6.08. The normalized spacial score (nSPS) is 8.25. The van der Waals surface area contributed by atoms with Crippen LogP contribution in [0.4, 0.5) is 0 Å². The lowest BCUT2D eigenvalue weighted by Gasteiger charge is -1.67. The Balaban J connectivity index is 1.97. The molecule has 0 fully saturated rings. The van der Waals surface area contributed by atoms with Crippen LogP contribution in [0.25, 0.3) is 0 Å². The highest BCUT2D eigenvalue weighted by Crippen LogP contribution is 1.73. The number of hydrogen-bond donors (Lipinski definition) is 0. The molecule has 0 bridgehead atoms. The van der Waals surface area contributed by atoms with E-state index >= 15 is 0 Å². The van der Waals surface area contributed by atoms with Gasteiger partial charge in [-0.15, -0.1) is 0 Å². The molecule has 4 heavy (non-hydrogen) atoms. The zero-order chi connectivity index (χ0) is 3.41. The molecule has 0 N–H and O–H groups in total. The highest BCUT2D eigenvalue weighted by atomic mass is 28.1. The Morgan fingerprint density at radius 3 is 2.00 bits per heavy atom. The minimum absolute atomic E-state index is 1.38. The maximum atomic E-state index is 2.22. The second-order valence-electron chi connectivity index (χ2n) is 1.000. The molecule has 0 saturated heterocycles. The molecule has 0 radical (unpaired) electrons. The third-order valence-electron chi connectivity index (χ3n) is 0.500. The SMILES string of the molecule is CCC[SiH3]. The van der Waals surface area contributed by atoms with E-state index < -0.39 is 0 Å². The summed E-state index contributed by atoms with van der Waals surface area (Å²) in [6, 6.07) is 1.46. The fraction of sp³-hybridized carbons (Fsp3) is 1.00. The van der Waals surface area contributed by atoms with Gasteiger partial charge < -0.3 is 0 Å². The van der Waals surface area contributed by atoms with Crippen molar-refractivity contribution in [2.75, 3.05) is 0 Å². The molecule has 26 valence electrons. The van der Waals surface area contributed by atoms with E-state index in [1.165, 1.54) is 22.7 Å². The van der Waals surface area contributed by atoms with Gasteiger partial charge in [-0.2, -0.15) is 0 Å². The molecule has 0 aliphatic rings. The molecular weight excluding hydrogens is 64.1 g/mol. The van der Waals surface area contributed by atoms with Gasteiger partial charge in [0.2, 0.25) is 0 Å². The van der Waals surface area contributed by atoms with Gasteiger partial charge in [-0.3, -0.25) is 0 Å². The molecule has 1 heteroatoms. The summed E-state index contributed by atoms with van der Waals surface area (Å²) in [5, 5.41) is 0. The van der Waals surface area contributed by atoms with Gasteiger partial charge in [-0.25, -0.2) is 0 Å². The van der Waals surface area contributed by atoms with Crippen LogP contribution in [0.15, 0.2) is 0 Å². The topological polar surface area (TPSA) is 0 Å². The van der Waals surface area contributed by atoms with Crippen LogP contribution in [0.1, 0.15) is 13.3 Å². The zero-order valence-electron chi connectivity index (χ0n) is 3.41. The first-order valence-corrected chi connectivity index (χ1v) is 3.33. The molecule has 0 aromatic heterocycles. The van der Waals surface area contributed by atoms with Crippen molar-refractivity contribution >= 4 is 10.2 Å². The molecule has 0 amide bonds. The Morgan fingerprint density at radius 2 is 2.00 bits per heavy atom. The molecular formula is C3H10Si. The molecule has 0 atom stereocenters. The average molecular weight is 74.2 g/mol. The average Bonchev–Trinajstić information content (AvgIpc) is 1.37.